The molecule has 4 heteroatoms. The normalized spacial score (nSPS) is 10.6. The number of carbonyl (C=O) groups is 1. The van der Waals surface area contributed by atoms with Crippen molar-refractivity contribution in [3.05, 3.63) is 22.6 Å². The molecule has 0 amide bonds. The molecule has 0 aliphatic rings. The summed E-state index contributed by atoms with van der Waals surface area (Å²) < 4.78 is 1.08. The zero-order valence-corrected chi connectivity index (χ0v) is 10.6. The molecule has 0 bridgehead atoms. The van der Waals surface area contributed by atoms with Crippen LogP contribution in [0.25, 0.3) is 0 Å². The first kappa shape index (κ1) is 13.7. The summed E-state index contributed by atoms with van der Waals surface area (Å²) in [5.74, 6) is -0.131. The van der Waals surface area contributed by atoms with Gasteiger partial charge in [-0.15, -0.1) is 0 Å². The van der Waals surface area contributed by atoms with Gasteiger partial charge in [0.05, 0.1) is 0 Å². The quantitative estimate of drug-likeness (QED) is 0.708. The highest BCUT2D eigenvalue weighted by molar-refractivity contribution is 5.77. The van der Waals surface area contributed by atoms with Crippen LogP contribution in [-0.4, -0.2) is 15.7 Å². The summed E-state index contributed by atoms with van der Waals surface area (Å²) in [6.07, 6.45) is 10.2. The van der Waals surface area contributed by atoms with E-state index in [1.54, 1.807) is 0 Å². The molecular formula is C13H22N2O2. The van der Waals surface area contributed by atoms with Crippen LogP contribution in [0.3, 0.4) is 0 Å². The molecule has 0 saturated carbocycles. The molecule has 0 atom stereocenters. The smallest absolute Gasteiger partial charge is 0.273 e. The van der Waals surface area contributed by atoms with E-state index in [9.17, 15) is 9.59 Å². The lowest BCUT2D eigenvalue weighted by Crippen LogP contribution is -2.23. The standard InChI is InChI=1S/C13H22N2O2/c1-2-3-4-5-6-7-8-9-12(16)15-13(17)10-11-14-15/h10-11,14H,2-9H2,1H3. The predicted octanol–water partition coefficient (Wildman–Crippen LogP) is 2.96. The molecule has 0 fully saturated rings. The number of nitrogens with zero attached hydrogens (tertiary/aromatic N) is 1. The van der Waals surface area contributed by atoms with E-state index < -0.39 is 0 Å². The first-order valence-electron chi connectivity index (χ1n) is 6.55. The highest BCUT2D eigenvalue weighted by Crippen LogP contribution is 2.08. The maximum atomic E-state index is 11.6. The zero-order chi connectivity index (χ0) is 12.5. The number of rotatable bonds is 8. The van der Waals surface area contributed by atoms with Crippen molar-refractivity contribution in [2.24, 2.45) is 0 Å². The van der Waals surface area contributed by atoms with Crippen molar-refractivity contribution in [3.63, 3.8) is 0 Å². The summed E-state index contributed by atoms with van der Waals surface area (Å²) in [6.45, 7) is 2.20. The van der Waals surface area contributed by atoms with Crippen molar-refractivity contribution in [2.45, 2.75) is 58.3 Å². The molecule has 1 aromatic rings. The Balaban J connectivity index is 2.09. The average Bonchev–Trinajstić information content (AvgIpc) is 2.74. The number of aromatic nitrogens is 2. The molecule has 0 radical (unpaired) electrons. The highest BCUT2D eigenvalue weighted by atomic mass is 16.2. The van der Waals surface area contributed by atoms with Crippen molar-refractivity contribution in [1.82, 2.24) is 9.78 Å². The minimum absolute atomic E-state index is 0.131. The lowest BCUT2D eigenvalue weighted by Gasteiger charge is -2.01. The molecule has 1 rings (SSSR count). The van der Waals surface area contributed by atoms with E-state index in [1.807, 2.05) is 0 Å². The lowest BCUT2D eigenvalue weighted by molar-refractivity contribution is 0.0879. The molecule has 96 valence electrons. The van der Waals surface area contributed by atoms with E-state index in [-0.39, 0.29) is 11.5 Å². The maximum absolute atomic E-state index is 11.6. The third-order valence-corrected chi connectivity index (χ3v) is 2.89. The van der Waals surface area contributed by atoms with E-state index >= 15 is 0 Å². The molecule has 17 heavy (non-hydrogen) atoms. The fourth-order valence-electron chi connectivity index (χ4n) is 1.86. The molecule has 0 spiro atoms. The summed E-state index contributed by atoms with van der Waals surface area (Å²) in [6, 6.07) is 1.36. The first-order valence-corrected chi connectivity index (χ1v) is 6.55. The van der Waals surface area contributed by atoms with Gasteiger partial charge in [-0.1, -0.05) is 45.4 Å². The number of carbonyl (C=O) groups excluding carboxylic acids is 1. The maximum Gasteiger partial charge on any atom is 0.273 e. The summed E-state index contributed by atoms with van der Waals surface area (Å²) in [5.41, 5.74) is -0.266. The highest BCUT2D eigenvalue weighted by Gasteiger charge is 2.06. The molecular weight excluding hydrogens is 216 g/mol. The van der Waals surface area contributed by atoms with Crippen LogP contribution in [0.15, 0.2) is 17.1 Å². The van der Waals surface area contributed by atoms with Gasteiger partial charge in [0, 0.05) is 18.7 Å². The van der Waals surface area contributed by atoms with Gasteiger partial charge in [-0.3, -0.25) is 14.7 Å². The number of hydrogen-bond donors (Lipinski definition) is 1. The SMILES string of the molecule is CCCCCCCCCC(=O)n1[nH]ccc1=O. The van der Waals surface area contributed by atoms with Crippen molar-refractivity contribution in [1.29, 1.82) is 0 Å². The Hall–Kier alpha value is -1.32. The number of H-pyrrole nitrogens is 1. The molecule has 0 aliphatic heterocycles. The predicted molar refractivity (Wildman–Crippen MR) is 68.3 cm³/mol. The molecule has 0 unspecified atom stereocenters. The second-order valence-corrected chi connectivity index (χ2v) is 4.40. The molecule has 0 aliphatic carbocycles. The van der Waals surface area contributed by atoms with Crippen molar-refractivity contribution in [3.8, 4) is 0 Å². The molecule has 0 saturated heterocycles. The van der Waals surface area contributed by atoms with Crippen molar-refractivity contribution >= 4 is 5.91 Å². The van der Waals surface area contributed by atoms with Crippen LogP contribution < -0.4 is 5.56 Å². The summed E-state index contributed by atoms with van der Waals surface area (Å²) in [4.78, 5) is 22.8. The summed E-state index contributed by atoms with van der Waals surface area (Å²) >= 11 is 0. The van der Waals surface area contributed by atoms with E-state index in [4.69, 9.17) is 0 Å². The number of aromatic amines is 1. The zero-order valence-electron chi connectivity index (χ0n) is 10.6. The number of hydrogen-bond acceptors (Lipinski definition) is 2. The minimum atomic E-state index is -0.266. The molecule has 1 N–H and O–H groups in total. The average molecular weight is 238 g/mol. The van der Waals surface area contributed by atoms with Crippen LogP contribution in [0.2, 0.25) is 0 Å². The molecule has 1 heterocycles. The van der Waals surface area contributed by atoms with Gasteiger partial charge in [0.2, 0.25) is 5.91 Å². The topological polar surface area (TPSA) is 54.9 Å². The van der Waals surface area contributed by atoms with Gasteiger partial charge in [0.25, 0.3) is 5.56 Å². The van der Waals surface area contributed by atoms with E-state index in [0.717, 1.165) is 17.5 Å². The summed E-state index contributed by atoms with van der Waals surface area (Å²) in [5, 5.41) is 2.63. The Morgan fingerprint density at radius 2 is 1.82 bits per heavy atom. The Morgan fingerprint density at radius 3 is 2.41 bits per heavy atom. The summed E-state index contributed by atoms with van der Waals surface area (Å²) in [7, 11) is 0. The third kappa shape index (κ3) is 5.02. The van der Waals surface area contributed by atoms with Crippen LogP contribution >= 0.6 is 0 Å². The largest absolute Gasteiger partial charge is 0.296 e. The molecule has 1 aromatic heterocycles. The van der Waals surface area contributed by atoms with Crippen LogP contribution in [0.4, 0.5) is 0 Å². The third-order valence-electron chi connectivity index (χ3n) is 2.89. The van der Waals surface area contributed by atoms with Crippen molar-refractivity contribution in [2.75, 3.05) is 0 Å². The second-order valence-electron chi connectivity index (χ2n) is 4.40. The fraction of sp³-hybridized carbons (Fsp3) is 0.692. The second kappa shape index (κ2) is 7.87. The first-order chi connectivity index (χ1) is 8.25. The van der Waals surface area contributed by atoms with E-state index in [2.05, 4.69) is 12.0 Å². The lowest BCUT2D eigenvalue weighted by atomic mass is 10.1. The van der Waals surface area contributed by atoms with Gasteiger partial charge in [-0.05, 0) is 6.42 Å². The van der Waals surface area contributed by atoms with Gasteiger partial charge in [0.15, 0.2) is 0 Å². The van der Waals surface area contributed by atoms with E-state index in [0.29, 0.717) is 6.42 Å². The monoisotopic (exact) mass is 238 g/mol. The van der Waals surface area contributed by atoms with E-state index in [1.165, 1.54) is 44.4 Å². The van der Waals surface area contributed by atoms with Crippen LogP contribution in [0, 0.1) is 0 Å². The minimum Gasteiger partial charge on any atom is -0.296 e. The number of unbranched alkanes of at least 4 members (excludes halogenated alkanes) is 6. The van der Waals surface area contributed by atoms with Gasteiger partial charge in [0.1, 0.15) is 0 Å². The van der Waals surface area contributed by atoms with Crippen LogP contribution in [-0.2, 0) is 0 Å². The Bertz CT molecular complexity index is 379. The van der Waals surface area contributed by atoms with Gasteiger partial charge < -0.3 is 0 Å². The van der Waals surface area contributed by atoms with Crippen LogP contribution in [0.1, 0.15) is 63.1 Å². The van der Waals surface area contributed by atoms with Crippen molar-refractivity contribution < 1.29 is 4.79 Å². The van der Waals surface area contributed by atoms with Gasteiger partial charge >= 0.3 is 0 Å². The van der Waals surface area contributed by atoms with Gasteiger partial charge in [-0.25, -0.2) is 0 Å². The Labute approximate surface area is 102 Å². The van der Waals surface area contributed by atoms with Crippen LogP contribution in [0.5, 0.6) is 0 Å². The molecule has 0 aromatic carbocycles. The number of nitrogens with one attached hydrogen (secondary N) is 1. The Kier molecular flexibility index (Phi) is 6.37. The Morgan fingerprint density at radius 1 is 1.18 bits per heavy atom. The molecule has 4 nitrogen and oxygen atoms in total. The fourth-order valence-corrected chi connectivity index (χ4v) is 1.86. The van der Waals surface area contributed by atoms with Gasteiger partial charge in [-0.2, -0.15) is 4.68 Å².